The molecule has 0 aromatic heterocycles. The number of fused-ring (bicyclic) bond motifs is 1. The van der Waals surface area contributed by atoms with Crippen molar-refractivity contribution < 1.29 is 20.1 Å². The van der Waals surface area contributed by atoms with Crippen LogP contribution in [0.1, 0.15) is 33.0 Å². The summed E-state index contributed by atoms with van der Waals surface area (Å²) in [6, 6.07) is 11.3. The Morgan fingerprint density at radius 2 is 1.91 bits per heavy atom. The van der Waals surface area contributed by atoms with Gasteiger partial charge in [0.1, 0.15) is 5.56 Å². The van der Waals surface area contributed by atoms with Crippen molar-refractivity contribution in [3.05, 3.63) is 58.7 Å². The van der Waals surface area contributed by atoms with E-state index in [1.54, 1.807) is 0 Å². The third-order valence-corrected chi connectivity index (χ3v) is 4.45. The molecule has 3 N–H and O–H groups in total. The van der Waals surface area contributed by atoms with Gasteiger partial charge in [0.2, 0.25) is 0 Å². The molecule has 2 aromatic rings. The smallest absolute Gasteiger partial charge is 0.339 e. The predicted molar refractivity (Wildman–Crippen MR) is 86.2 cm³/mol. The number of hydrogen-bond acceptors (Lipinski definition) is 4. The van der Waals surface area contributed by atoms with Crippen molar-refractivity contribution in [2.75, 3.05) is 20.1 Å². The standard InChI is InChI=1S/C18H19NO4/c1-19-8-7-12-13(9-15(20)17(21)16(12)18(22)23)14(10-19)11-5-3-2-4-6-11/h2-6,9,14,20-21H,7-8,10H2,1H3,(H,22,23). The monoisotopic (exact) mass is 313 g/mol. The van der Waals surface area contributed by atoms with E-state index in [4.69, 9.17) is 0 Å². The van der Waals surface area contributed by atoms with Gasteiger partial charge in [-0.25, -0.2) is 4.79 Å². The summed E-state index contributed by atoms with van der Waals surface area (Å²) in [7, 11) is 1.99. The van der Waals surface area contributed by atoms with Gasteiger partial charge in [0, 0.05) is 19.0 Å². The van der Waals surface area contributed by atoms with Crippen LogP contribution < -0.4 is 0 Å². The lowest BCUT2D eigenvalue weighted by atomic mass is 9.85. The minimum atomic E-state index is -1.22. The van der Waals surface area contributed by atoms with Gasteiger partial charge >= 0.3 is 5.97 Å². The first-order valence-electron chi connectivity index (χ1n) is 7.53. The van der Waals surface area contributed by atoms with Gasteiger partial charge < -0.3 is 20.2 Å². The second-order valence-electron chi connectivity index (χ2n) is 5.97. The number of hydrogen-bond donors (Lipinski definition) is 3. The number of rotatable bonds is 2. The summed E-state index contributed by atoms with van der Waals surface area (Å²) >= 11 is 0. The number of carboxylic acids is 1. The van der Waals surface area contributed by atoms with Crippen LogP contribution >= 0.6 is 0 Å². The highest BCUT2D eigenvalue weighted by atomic mass is 16.4. The predicted octanol–water partition coefficient (Wildman–Crippen LogP) is 2.42. The zero-order valence-electron chi connectivity index (χ0n) is 12.9. The van der Waals surface area contributed by atoms with Gasteiger partial charge in [0.15, 0.2) is 11.5 Å². The van der Waals surface area contributed by atoms with Gasteiger partial charge in [0.05, 0.1) is 0 Å². The maximum atomic E-state index is 11.6. The number of aromatic hydroxyl groups is 2. The molecule has 5 nitrogen and oxygen atoms in total. The van der Waals surface area contributed by atoms with Crippen molar-refractivity contribution in [3.63, 3.8) is 0 Å². The summed E-state index contributed by atoms with van der Waals surface area (Å²) in [5, 5.41) is 29.5. The summed E-state index contributed by atoms with van der Waals surface area (Å²) in [6.45, 7) is 1.42. The van der Waals surface area contributed by atoms with Crippen LogP contribution in [0.3, 0.4) is 0 Å². The lowest BCUT2D eigenvalue weighted by molar-refractivity contribution is 0.0691. The van der Waals surface area contributed by atoms with Gasteiger partial charge in [0.25, 0.3) is 0 Å². The number of aromatic carboxylic acids is 1. The van der Waals surface area contributed by atoms with E-state index < -0.39 is 11.7 Å². The number of carbonyl (C=O) groups is 1. The molecule has 0 bridgehead atoms. The van der Waals surface area contributed by atoms with Crippen molar-refractivity contribution in [1.29, 1.82) is 0 Å². The maximum absolute atomic E-state index is 11.6. The molecule has 1 atom stereocenters. The van der Waals surface area contributed by atoms with Gasteiger partial charge in [-0.2, -0.15) is 0 Å². The van der Waals surface area contributed by atoms with E-state index in [-0.39, 0.29) is 17.2 Å². The number of carboxylic acid groups (broad SMARTS) is 1. The molecule has 2 aromatic carbocycles. The molecule has 0 aliphatic carbocycles. The van der Waals surface area contributed by atoms with E-state index in [9.17, 15) is 20.1 Å². The molecule has 0 fully saturated rings. The highest BCUT2D eigenvalue weighted by Gasteiger charge is 2.30. The molecule has 3 rings (SSSR count). The lowest BCUT2D eigenvalue weighted by Gasteiger charge is -2.22. The molecule has 120 valence electrons. The van der Waals surface area contributed by atoms with E-state index in [2.05, 4.69) is 4.90 Å². The third-order valence-electron chi connectivity index (χ3n) is 4.45. The van der Waals surface area contributed by atoms with E-state index in [1.165, 1.54) is 6.07 Å². The molecule has 1 heterocycles. The van der Waals surface area contributed by atoms with Gasteiger partial charge in [-0.15, -0.1) is 0 Å². The number of likely N-dealkylation sites (N-methyl/N-ethyl adjacent to an activating group) is 1. The first kappa shape index (κ1) is 15.4. The third kappa shape index (κ3) is 2.75. The van der Waals surface area contributed by atoms with Gasteiger partial charge in [-0.3, -0.25) is 0 Å². The summed E-state index contributed by atoms with van der Waals surface area (Å²) in [5.41, 5.74) is 2.25. The van der Waals surface area contributed by atoms with Crippen LogP contribution in [0.25, 0.3) is 0 Å². The fourth-order valence-corrected chi connectivity index (χ4v) is 3.30. The Bertz CT molecular complexity index is 742. The Morgan fingerprint density at radius 3 is 2.57 bits per heavy atom. The summed E-state index contributed by atoms with van der Waals surface area (Å²) in [5.74, 6) is -2.20. The quantitative estimate of drug-likeness (QED) is 0.742. The molecular weight excluding hydrogens is 294 g/mol. The van der Waals surface area contributed by atoms with E-state index in [0.717, 1.165) is 17.7 Å². The molecular formula is C18H19NO4. The minimum absolute atomic E-state index is 0.0525. The van der Waals surface area contributed by atoms with E-state index in [0.29, 0.717) is 18.5 Å². The topological polar surface area (TPSA) is 81.0 Å². The zero-order chi connectivity index (χ0) is 16.6. The Labute approximate surface area is 134 Å². The van der Waals surface area contributed by atoms with Crippen LogP contribution in [-0.2, 0) is 6.42 Å². The second-order valence-corrected chi connectivity index (χ2v) is 5.97. The van der Waals surface area contributed by atoms with Crippen molar-refractivity contribution in [2.24, 2.45) is 0 Å². The number of phenolic OH excluding ortho intramolecular Hbond substituents is 1. The van der Waals surface area contributed by atoms with Crippen LogP contribution in [-0.4, -0.2) is 46.3 Å². The molecule has 0 spiro atoms. The largest absolute Gasteiger partial charge is 0.504 e. The minimum Gasteiger partial charge on any atom is -0.504 e. The average molecular weight is 313 g/mol. The summed E-state index contributed by atoms with van der Waals surface area (Å²) in [6.07, 6.45) is 0.518. The summed E-state index contributed by atoms with van der Waals surface area (Å²) in [4.78, 5) is 13.7. The summed E-state index contributed by atoms with van der Waals surface area (Å²) < 4.78 is 0. The number of nitrogens with zero attached hydrogens (tertiary/aromatic N) is 1. The Kier molecular flexibility index (Phi) is 3.96. The second kappa shape index (κ2) is 5.93. The van der Waals surface area contributed by atoms with Crippen LogP contribution in [0, 0.1) is 0 Å². The molecule has 1 aliphatic heterocycles. The van der Waals surface area contributed by atoms with Gasteiger partial charge in [-0.05, 0) is 36.2 Å². The highest BCUT2D eigenvalue weighted by Crippen LogP contribution is 2.40. The number of phenols is 2. The van der Waals surface area contributed by atoms with E-state index in [1.807, 2.05) is 37.4 Å². The van der Waals surface area contributed by atoms with Crippen LogP contribution in [0.15, 0.2) is 36.4 Å². The molecule has 0 amide bonds. The molecule has 23 heavy (non-hydrogen) atoms. The van der Waals surface area contributed by atoms with Crippen molar-refractivity contribution in [2.45, 2.75) is 12.3 Å². The Balaban J connectivity index is 2.25. The molecule has 0 radical (unpaired) electrons. The molecule has 1 unspecified atom stereocenters. The molecule has 5 heteroatoms. The van der Waals surface area contributed by atoms with Crippen LogP contribution in [0.4, 0.5) is 0 Å². The fourth-order valence-electron chi connectivity index (χ4n) is 3.30. The average Bonchev–Trinajstić information content (AvgIpc) is 2.68. The zero-order valence-corrected chi connectivity index (χ0v) is 12.9. The van der Waals surface area contributed by atoms with Crippen molar-refractivity contribution in [1.82, 2.24) is 4.90 Å². The molecule has 0 saturated heterocycles. The number of benzene rings is 2. The SMILES string of the molecule is CN1CCc2c(cc(O)c(O)c2C(=O)O)C(c2ccccc2)C1. The lowest BCUT2D eigenvalue weighted by Crippen LogP contribution is -2.24. The Morgan fingerprint density at radius 1 is 1.22 bits per heavy atom. The van der Waals surface area contributed by atoms with Crippen LogP contribution in [0.5, 0.6) is 11.5 Å². The van der Waals surface area contributed by atoms with Gasteiger partial charge in [-0.1, -0.05) is 30.3 Å². The van der Waals surface area contributed by atoms with E-state index >= 15 is 0 Å². The molecule has 1 aliphatic rings. The van der Waals surface area contributed by atoms with Crippen LogP contribution in [0.2, 0.25) is 0 Å². The van der Waals surface area contributed by atoms with Crippen molar-refractivity contribution >= 4 is 5.97 Å². The highest BCUT2D eigenvalue weighted by molar-refractivity contribution is 5.94. The normalized spacial score (nSPS) is 18.2. The fraction of sp³-hybridized carbons (Fsp3) is 0.278. The first-order chi connectivity index (χ1) is 11.0. The molecule has 0 saturated carbocycles. The Hall–Kier alpha value is -2.53. The van der Waals surface area contributed by atoms with Crippen molar-refractivity contribution in [3.8, 4) is 11.5 Å². The first-order valence-corrected chi connectivity index (χ1v) is 7.53. The maximum Gasteiger partial charge on any atom is 0.339 e.